The highest BCUT2D eigenvalue weighted by Crippen LogP contribution is 2.65. The van der Waals surface area contributed by atoms with Crippen molar-refractivity contribution in [1.82, 2.24) is 29.9 Å². The molecule has 1 aliphatic heterocycles. The van der Waals surface area contributed by atoms with Crippen LogP contribution in [0.1, 0.15) is 61.8 Å². The smallest absolute Gasteiger partial charge is 0.315 e. The molecule has 3 aliphatic rings. The number of sulfonamides is 2. The average molecular weight is 751 g/mol. The van der Waals surface area contributed by atoms with Crippen LogP contribution < -0.4 is 20.7 Å². The maximum atomic E-state index is 14.4. The van der Waals surface area contributed by atoms with Crippen LogP contribution >= 0.6 is 0 Å². The van der Waals surface area contributed by atoms with Gasteiger partial charge in [0.1, 0.15) is 17.6 Å². The van der Waals surface area contributed by atoms with Crippen LogP contribution in [0, 0.1) is 34.0 Å². The predicted octanol–water partition coefficient (Wildman–Crippen LogP) is 2.06. The lowest BCUT2D eigenvalue weighted by Gasteiger charge is -2.39. The Morgan fingerprint density at radius 3 is 2.08 bits per heavy atom. The fourth-order valence-corrected chi connectivity index (χ4v) is 8.57. The number of nitrogens with one attached hydrogen (secondary N) is 4. The van der Waals surface area contributed by atoms with Crippen molar-refractivity contribution < 1.29 is 36.0 Å². The molecule has 4 unspecified atom stereocenters. The summed E-state index contributed by atoms with van der Waals surface area (Å²) in [5.74, 6) is -2.75. The van der Waals surface area contributed by atoms with E-state index in [9.17, 15) is 36.0 Å². The number of piperidine rings is 1. The van der Waals surface area contributed by atoms with Gasteiger partial charge in [0.25, 0.3) is 15.9 Å². The molecule has 1 aromatic rings. The van der Waals surface area contributed by atoms with Gasteiger partial charge < -0.3 is 20.9 Å². The molecule has 3 fully saturated rings. The second-order valence-corrected chi connectivity index (χ2v) is 20.8. The van der Waals surface area contributed by atoms with Crippen LogP contribution in [0.4, 0.5) is 4.79 Å². The van der Waals surface area contributed by atoms with Crippen LogP contribution in [-0.2, 0) is 34.4 Å². The minimum Gasteiger partial charge on any atom is -0.339 e. The molecule has 4 N–H and O–H groups in total. The summed E-state index contributed by atoms with van der Waals surface area (Å²) in [5, 5.41) is 8.49. The molecule has 1 aromatic carbocycles. The van der Waals surface area contributed by atoms with Crippen molar-refractivity contribution in [3.05, 3.63) is 43.0 Å². The highest BCUT2D eigenvalue weighted by molar-refractivity contribution is 7.90. The molecule has 4 rings (SSSR count). The zero-order valence-electron chi connectivity index (χ0n) is 31.2. The fourth-order valence-electron chi connectivity index (χ4n) is 7.09. The summed E-state index contributed by atoms with van der Waals surface area (Å²) in [5.41, 5.74) is -3.21. The first-order valence-electron chi connectivity index (χ1n) is 17.0. The molecule has 0 aromatic heterocycles. The lowest BCUT2D eigenvalue weighted by atomic mass is 9.85. The lowest BCUT2D eigenvalue weighted by molar-refractivity contribution is -0.144. The van der Waals surface area contributed by atoms with E-state index in [1.807, 2.05) is 34.6 Å². The van der Waals surface area contributed by atoms with Crippen molar-refractivity contribution in [2.45, 2.75) is 90.4 Å². The minimum atomic E-state index is -4.23. The average Bonchev–Trinajstić information content (AvgIpc) is 3.76. The van der Waals surface area contributed by atoms with Crippen LogP contribution in [0.15, 0.2) is 47.9 Å². The van der Waals surface area contributed by atoms with Crippen LogP contribution in [-0.4, -0.2) is 99.9 Å². The number of nitrogens with zero attached hydrogens (tertiary/aromatic N) is 2. The zero-order chi connectivity index (χ0) is 38.7. The van der Waals surface area contributed by atoms with Crippen molar-refractivity contribution in [2.24, 2.45) is 34.0 Å². The summed E-state index contributed by atoms with van der Waals surface area (Å²) in [7, 11) is -6.34. The highest BCUT2D eigenvalue weighted by atomic mass is 32.2. The van der Waals surface area contributed by atoms with Gasteiger partial charge in [-0.3, -0.25) is 14.4 Å². The Balaban J connectivity index is 1.57. The Morgan fingerprint density at radius 2 is 1.59 bits per heavy atom. The molecule has 1 saturated heterocycles. The quantitative estimate of drug-likeness (QED) is 0.234. The van der Waals surface area contributed by atoms with E-state index in [0.717, 1.165) is 10.6 Å². The Hall–Kier alpha value is -3.50. The van der Waals surface area contributed by atoms with Gasteiger partial charge in [-0.15, -0.1) is 6.58 Å². The number of carbonyl (C=O) groups is 4. The van der Waals surface area contributed by atoms with E-state index in [-0.39, 0.29) is 41.7 Å². The standard InChI is InChI=1S/C35H54N6O8S2/c1-12-21-18-35(21,30(44)39-51(48,49)22-16-14-13-15-17-22)38-28(42)26-25-23(34(25,8)9)19-41(26)29(43)27(33(5,6)7)37-31(45)36-24(32(2,3)4)20-40(10)50(11,46)47/h12-17,21,23-27H,1,18-20H2,2-11H3,(H,38,42)(H,39,44)(H2,36,37,45)/t21?,23?,24-,25?,26+,27-,35?/m1/s1. The molecule has 0 bridgehead atoms. The molecular formula is C35H54N6O8S2. The Bertz CT molecular complexity index is 1790. The predicted molar refractivity (Wildman–Crippen MR) is 193 cm³/mol. The van der Waals surface area contributed by atoms with Crippen molar-refractivity contribution in [3.8, 4) is 0 Å². The van der Waals surface area contributed by atoms with E-state index in [4.69, 9.17) is 0 Å². The van der Waals surface area contributed by atoms with Gasteiger partial charge in [0, 0.05) is 32.1 Å². The number of carbonyl (C=O) groups excluding carboxylic acids is 4. The van der Waals surface area contributed by atoms with Gasteiger partial charge in [-0.05, 0) is 46.6 Å². The molecule has 5 amide bonds. The van der Waals surface area contributed by atoms with Crippen molar-refractivity contribution in [3.63, 3.8) is 0 Å². The van der Waals surface area contributed by atoms with E-state index in [2.05, 4.69) is 27.3 Å². The summed E-state index contributed by atoms with van der Waals surface area (Å²) >= 11 is 0. The van der Waals surface area contributed by atoms with Crippen LogP contribution in [0.5, 0.6) is 0 Å². The summed E-state index contributed by atoms with van der Waals surface area (Å²) in [6.45, 7) is 19.0. The monoisotopic (exact) mass is 750 g/mol. The first-order valence-corrected chi connectivity index (χ1v) is 20.4. The first-order chi connectivity index (χ1) is 23.2. The fraction of sp³-hybridized carbons (Fsp3) is 0.657. The van der Waals surface area contributed by atoms with Crippen LogP contribution in [0.3, 0.4) is 0 Å². The van der Waals surface area contributed by atoms with E-state index in [0.29, 0.717) is 0 Å². The van der Waals surface area contributed by atoms with E-state index in [1.165, 1.54) is 42.3 Å². The number of benzene rings is 1. The summed E-state index contributed by atoms with van der Waals surface area (Å²) < 4.78 is 53.6. The summed E-state index contributed by atoms with van der Waals surface area (Å²) in [6.07, 6.45) is 2.71. The van der Waals surface area contributed by atoms with Gasteiger partial charge in [0.05, 0.1) is 11.2 Å². The molecule has 16 heteroatoms. The Kier molecular flexibility index (Phi) is 10.6. The Labute approximate surface area is 302 Å². The number of hydrogen-bond donors (Lipinski definition) is 4. The topological polar surface area (TPSA) is 191 Å². The van der Waals surface area contributed by atoms with E-state index in [1.54, 1.807) is 26.8 Å². The van der Waals surface area contributed by atoms with Crippen LogP contribution in [0.25, 0.3) is 0 Å². The number of hydrogen-bond acceptors (Lipinski definition) is 8. The maximum absolute atomic E-state index is 14.4. The minimum absolute atomic E-state index is 0.00434. The summed E-state index contributed by atoms with van der Waals surface area (Å²) in [6, 6.07) is 4.06. The lowest BCUT2D eigenvalue weighted by Crippen LogP contribution is -2.63. The van der Waals surface area contributed by atoms with E-state index < -0.39 is 84.2 Å². The van der Waals surface area contributed by atoms with Gasteiger partial charge in [-0.1, -0.05) is 79.7 Å². The van der Waals surface area contributed by atoms with Gasteiger partial charge in [-0.25, -0.2) is 30.7 Å². The molecule has 7 atom stereocenters. The van der Waals surface area contributed by atoms with Gasteiger partial charge >= 0.3 is 6.03 Å². The molecule has 284 valence electrons. The normalized spacial score (nSPS) is 26.7. The maximum Gasteiger partial charge on any atom is 0.315 e. The second-order valence-electron chi connectivity index (χ2n) is 17.0. The number of likely N-dealkylation sites (N-methyl/N-ethyl adjacent to an activating group) is 1. The van der Waals surface area contributed by atoms with Crippen molar-refractivity contribution in [1.29, 1.82) is 0 Å². The summed E-state index contributed by atoms with van der Waals surface area (Å²) in [4.78, 5) is 57.1. The number of amides is 5. The number of likely N-dealkylation sites (tertiary alicyclic amines) is 1. The first kappa shape index (κ1) is 40.3. The third-order valence-electron chi connectivity index (χ3n) is 10.8. The molecule has 51 heavy (non-hydrogen) atoms. The largest absolute Gasteiger partial charge is 0.339 e. The van der Waals surface area contributed by atoms with Crippen LogP contribution in [0.2, 0.25) is 0 Å². The third kappa shape index (κ3) is 8.27. The van der Waals surface area contributed by atoms with Crippen molar-refractivity contribution in [2.75, 3.05) is 26.4 Å². The molecule has 2 saturated carbocycles. The zero-order valence-corrected chi connectivity index (χ0v) is 32.9. The highest BCUT2D eigenvalue weighted by Gasteiger charge is 2.71. The number of urea groups is 1. The molecule has 0 spiro atoms. The molecule has 1 heterocycles. The number of fused-ring (bicyclic) bond motifs is 1. The van der Waals surface area contributed by atoms with Crippen molar-refractivity contribution >= 4 is 43.8 Å². The molecular weight excluding hydrogens is 697 g/mol. The third-order valence-corrected chi connectivity index (χ3v) is 13.5. The molecule has 0 radical (unpaired) electrons. The second kappa shape index (κ2) is 13.5. The van der Waals surface area contributed by atoms with E-state index >= 15 is 0 Å². The van der Waals surface area contributed by atoms with Gasteiger partial charge in [0.15, 0.2) is 0 Å². The number of rotatable bonds is 12. The van der Waals surface area contributed by atoms with Gasteiger partial charge in [-0.2, -0.15) is 0 Å². The molecule has 2 aliphatic carbocycles. The van der Waals surface area contributed by atoms with Gasteiger partial charge in [0.2, 0.25) is 21.8 Å². The SMILES string of the molecule is C=CC1CC1(NC(=O)[C@@H]1C2C(CN1C(=O)[C@@H](NC(=O)N[C@H](CN(C)S(C)(=O)=O)C(C)(C)C)C(C)(C)C)C2(C)C)C(=O)NS(=O)(=O)c1ccccc1. The Morgan fingerprint density at radius 1 is 1.00 bits per heavy atom. The molecule has 14 nitrogen and oxygen atoms in total.